The average molecular weight is 473 g/mol. The summed E-state index contributed by atoms with van der Waals surface area (Å²) in [6.45, 7) is 8.55. The Morgan fingerprint density at radius 3 is 2.81 bits per heavy atom. The molecule has 0 aliphatic heterocycles. The second kappa shape index (κ2) is 11.0. The van der Waals surface area contributed by atoms with Crippen molar-refractivity contribution in [1.82, 2.24) is 14.8 Å². The molecule has 2 heterocycles. The van der Waals surface area contributed by atoms with Gasteiger partial charge in [0.25, 0.3) is 0 Å². The molecule has 3 aromatic rings. The maximum atomic E-state index is 12.4. The van der Waals surface area contributed by atoms with Gasteiger partial charge in [-0.2, -0.15) is 0 Å². The van der Waals surface area contributed by atoms with Crippen molar-refractivity contribution in [2.45, 2.75) is 32.2 Å². The minimum atomic E-state index is -0.492. The topological polar surface area (TPSA) is 95.3 Å². The molecule has 0 unspecified atom stereocenters. The summed E-state index contributed by atoms with van der Waals surface area (Å²) >= 11 is 2.51. The van der Waals surface area contributed by atoms with E-state index in [0.29, 0.717) is 28.1 Å². The lowest BCUT2D eigenvalue weighted by molar-refractivity contribution is -0.113. The number of allylic oxidation sites excluding steroid dienone is 1. The summed E-state index contributed by atoms with van der Waals surface area (Å²) in [5.74, 6) is 0.775. The van der Waals surface area contributed by atoms with Crippen molar-refractivity contribution in [3.8, 4) is 5.75 Å². The molecule has 0 saturated heterocycles. The van der Waals surface area contributed by atoms with E-state index in [1.807, 2.05) is 30.5 Å². The number of carbonyl (C=O) groups is 2. The number of hydrogen-bond donors (Lipinski definition) is 1. The number of rotatable bonds is 10. The third-order valence-corrected chi connectivity index (χ3v) is 6.24. The number of aromatic nitrogens is 3. The summed E-state index contributed by atoms with van der Waals surface area (Å²) in [5.41, 5.74) is 2.55. The molecule has 1 aromatic carbocycles. The maximum absolute atomic E-state index is 12.4. The Kier molecular flexibility index (Phi) is 8.07. The van der Waals surface area contributed by atoms with Gasteiger partial charge in [0, 0.05) is 6.54 Å². The Morgan fingerprint density at radius 2 is 2.09 bits per heavy atom. The number of benzene rings is 1. The van der Waals surface area contributed by atoms with Gasteiger partial charge in [-0.3, -0.25) is 9.36 Å². The van der Waals surface area contributed by atoms with Gasteiger partial charge in [0.15, 0.2) is 11.0 Å². The van der Waals surface area contributed by atoms with Gasteiger partial charge in [-0.25, -0.2) is 4.79 Å². The van der Waals surface area contributed by atoms with Crippen LogP contribution in [-0.4, -0.2) is 39.5 Å². The highest BCUT2D eigenvalue weighted by molar-refractivity contribution is 7.99. The van der Waals surface area contributed by atoms with Crippen molar-refractivity contribution >= 4 is 40.0 Å². The summed E-state index contributed by atoms with van der Waals surface area (Å²) in [7, 11) is 1.30. The van der Waals surface area contributed by atoms with Gasteiger partial charge in [-0.1, -0.05) is 35.5 Å². The van der Waals surface area contributed by atoms with Gasteiger partial charge in [0.2, 0.25) is 5.91 Å². The molecule has 10 heteroatoms. The zero-order valence-corrected chi connectivity index (χ0v) is 19.7. The lowest BCUT2D eigenvalue weighted by Crippen LogP contribution is -2.16. The number of methoxy groups -OCH3 is 1. The van der Waals surface area contributed by atoms with Gasteiger partial charge >= 0.3 is 5.97 Å². The van der Waals surface area contributed by atoms with Gasteiger partial charge < -0.3 is 14.8 Å². The normalized spacial score (nSPS) is 10.6. The molecule has 2 aromatic heterocycles. The summed E-state index contributed by atoms with van der Waals surface area (Å²) in [4.78, 5) is 24.2. The van der Waals surface area contributed by atoms with Crippen LogP contribution in [0.1, 0.15) is 27.3 Å². The van der Waals surface area contributed by atoms with Crippen LogP contribution >= 0.6 is 23.1 Å². The number of amides is 1. The molecule has 8 nitrogen and oxygen atoms in total. The van der Waals surface area contributed by atoms with Crippen LogP contribution in [0.5, 0.6) is 5.75 Å². The number of thiophene rings is 1. The quantitative estimate of drug-likeness (QED) is 0.268. The van der Waals surface area contributed by atoms with Crippen molar-refractivity contribution in [2.75, 3.05) is 18.2 Å². The van der Waals surface area contributed by atoms with E-state index >= 15 is 0 Å². The van der Waals surface area contributed by atoms with E-state index in [9.17, 15) is 9.59 Å². The first-order valence-electron chi connectivity index (χ1n) is 9.74. The fourth-order valence-corrected chi connectivity index (χ4v) is 4.48. The third kappa shape index (κ3) is 5.77. The van der Waals surface area contributed by atoms with Crippen LogP contribution in [0.25, 0.3) is 0 Å². The zero-order chi connectivity index (χ0) is 23.1. The summed E-state index contributed by atoms with van der Waals surface area (Å²) in [6, 6.07) is 7.60. The Balaban J connectivity index is 1.63. The fourth-order valence-electron chi connectivity index (χ4n) is 2.92. The number of anilines is 1. The van der Waals surface area contributed by atoms with Gasteiger partial charge in [-0.15, -0.1) is 28.1 Å². The predicted molar refractivity (Wildman–Crippen MR) is 125 cm³/mol. The molecule has 3 rings (SSSR count). The first-order chi connectivity index (χ1) is 15.4. The molecule has 0 saturated carbocycles. The molecule has 168 valence electrons. The lowest BCUT2D eigenvalue weighted by Gasteiger charge is -2.11. The maximum Gasteiger partial charge on any atom is 0.340 e. The van der Waals surface area contributed by atoms with Crippen LogP contribution in [0, 0.1) is 13.8 Å². The summed E-state index contributed by atoms with van der Waals surface area (Å²) in [6.07, 6.45) is 1.74. The number of ether oxygens (including phenoxy) is 2. The van der Waals surface area contributed by atoms with Crippen LogP contribution in [0.4, 0.5) is 5.00 Å². The molecule has 1 amide bonds. The molecule has 0 atom stereocenters. The molecule has 0 radical (unpaired) electrons. The third-order valence-electron chi connectivity index (χ3n) is 4.45. The molecular formula is C22H24N4O4S2. The highest BCUT2D eigenvalue weighted by Gasteiger charge is 2.18. The van der Waals surface area contributed by atoms with Crippen LogP contribution in [-0.2, 0) is 22.7 Å². The van der Waals surface area contributed by atoms with Crippen LogP contribution in [0.15, 0.2) is 47.5 Å². The Labute approximate surface area is 194 Å². The highest BCUT2D eigenvalue weighted by Crippen LogP contribution is 2.25. The number of nitrogens with one attached hydrogen (secondary N) is 1. The minimum absolute atomic E-state index is 0.103. The first-order valence-corrected chi connectivity index (χ1v) is 11.6. The zero-order valence-electron chi connectivity index (χ0n) is 18.1. The SMILES string of the molecule is C=CCn1c(COc2ccc(C)cc2C)nnc1SCC(=O)Nc1sccc1C(=O)OC. The Hall–Kier alpha value is -3.11. The number of hydrogen-bond acceptors (Lipinski definition) is 8. The Bertz CT molecular complexity index is 1120. The lowest BCUT2D eigenvalue weighted by atomic mass is 10.1. The second-order valence-electron chi connectivity index (χ2n) is 6.85. The molecule has 0 aliphatic rings. The van der Waals surface area contributed by atoms with E-state index in [0.717, 1.165) is 11.3 Å². The van der Waals surface area contributed by atoms with Gasteiger partial charge in [-0.05, 0) is 36.9 Å². The van der Waals surface area contributed by atoms with Crippen LogP contribution < -0.4 is 10.1 Å². The van der Waals surface area contributed by atoms with Crippen LogP contribution in [0.3, 0.4) is 0 Å². The minimum Gasteiger partial charge on any atom is -0.485 e. The van der Waals surface area contributed by atoms with Crippen molar-refractivity contribution in [2.24, 2.45) is 0 Å². The number of aryl methyl sites for hydroxylation is 2. The molecule has 0 spiro atoms. The van der Waals surface area contributed by atoms with Gasteiger partial charge in [0.05, 0.1) is 18.4 Å². The van der Waals surface area contributed by atoms with E-state index in [1.54, 1.807) is 17.5 Å². The van der Waals surface area contributed by atoms with Crippen molar-refractivity contribution in [3.05, 3.63) is 64.8 Å². The van der Waals surface area contributed by atoms with Crippen molar-refractivity contribution in [1.29, 1.82) is 0 Å². The molecule has 1 N–H and O–H groups in total. The molecule has 0 aliphatic carbocycles. The Morgan fingerprint density at radius 1 is 1.28 bits per heavy atom. The number of nitrogens with zero attached hydrogens (tertiary/aromatic N) is 3. The first kappa shape index (κ1) is 23.6. The largest absolute Gasteiger partial charge is 0.485 e. The number of esters is 1. The summed E-state index contributed by atoms with van der Waals surface area (Å²) in [5, 5.41) is 13.9. The van der Waals surface area contributed by atoms with Crippen molar-refractivity contribution < 1.29 is 19.1 Å². The van der Waals surface area contributed by atoms with Crippen molar-refractivity contribution in [3.63, 3.8) is 0 Å². The molecule has 0 bridgehead atoms. The van der Waals surface area contributed by atoms with E-state index in [1.165, 1.54) is 35.8 Å². The summed E-state index contributed by atoms with van der Waals surface area (Å²) < 4.78 is 12.5. The molecular weight excluding hydrogens is 448 g/mol. The number of carbonyl (C=O) groups excluding carboxylic acids is 2. The highest BCUT2D eigenvalue weighted by atomic mass is 32.2. The smallest absolute Gasteiger partial charge is 0.340 e. The van der Waals surface area contributed by atoms with E-state index in [-0.39, 0.29) is 18.3 Å². The second-order valence-corrected chi connectivity index (χ2v) is 8.71. The average Bonchev–Trinajstić information content (AvgIpc) is 3.38. The van der Waals surface area contributed by atoms with E-state index in [2.05, 4.69) is 28.2 Å². The van der Waals surface area contributed by atoms with Gasteiger partial charge in [0.1, 0.15) is 17.4 Å². The van der Waals surface area contributed by atoms with Crippen LogP contribution in [0.2, 0.25) is 0 Å². The standard InChI is InChI=1S/C22H24N4O4S2/c1-5-9-26-18(12-30-17-7-6-14(2)11-15(17)3)24-25-22(26)32-13-19(27)23-20-16(8-10-31-20)21(28)29-4/h5-8,10-11H,1,9,12-13H2,2-4H3,(H,23,27). The predicted octanol–water partition coefficient (Wildman–Crippen LogP) is 4.24. The number of thioether (sulfide) groups is 1. The van der Waals surface area contributed by atoms with E-state index < -0.39 is 5.97 Å². The fraction of sp³-hybridized carbons (Fsp3) is 0.273. The monoisotopic (exact) mass is 472 g/mol. The molecule has 0 fully saturated rings. The molecule has 32 heavy (non-hydrogen) atoms. The van der Waals surface area contributed by atoms with E-state index in [4.69, 9.17) is 9.47 Å².